The summed E-state index contributed by atoms with van der Waals surface area (Å²) in [5.74, 6) is 0.316. The van der Waals surface area contributed by atoms with Gasteiger partial charge in [-0.05, 0) is 30.2 Å². The predicted molar refractivity (Wildman–Crippen MR) is 64.4 cm³/mol. The molecule has 0 aliphatic heterocycles. The number of pyridine rings is 1. The van der Waals surface area contributed by atoms with Crippen molar-refractivity contribution in [1.82, 2.24) is 4.98 Å². The number of aromatic nitrogens is 1. The number of hydrogen-bond acceptors (Lipinski definition) is 3. The van der Waals surface area contributed by atoms with Crippen molar-refractivity contribution in [3.05, 3.63) is 53.9 Å². The Kier molecular flexibility index (Phi) is 3.05. The smallest absolute Gasteiger partial charge is 0.120 e. The van der Waals surface area contributed by atoms with E-state index in [0.717, 1.165) is 16.8 Å². The molecule has 1 heterocycles. The van der Waals surface area contributed by atoms with Crippen molar-refractivity contribution in [3.8, 4) is 5.75 Å². The second-order valence-electron chi connectivity index (χ2n) is 3.72. The zero-order valence-corrected chi connectivity index (χ0v) is 9.14. The van der Waals surface area contributed by atoms with Crippen molar-refractivity contribution in [2.24, 2.45) is 0 Å². The SMILES string of the molecule is Cc1ccc(NCc2cccnc2)cc1O. The first-order valence-corrected chi connectivity index (χ1v) is 5.18. The molecule has 1 aromatic carbocycles. The van der Waals surface area contributed by atoms with Crippen molar-refractivity contribution in [2.75, 3.05) is 5.32 Å². The van der Waals surface area contributed by atoms with Crippen molar-refractivity contribution >= 4 is 5.69 Å². The molecule has 2 aromatic rings. The van der Waals surface area contributed by atoms with E-state index in [2.05, 4.69) is 10.3 Å². The molecule has 2 N–H and O–H groups in total. The van der Waals surface area contributed by atoms with Gasteiger partial charge in [0.15, 0.2) is 0 Å². The van der Waals surface area contributed by atoms with Crippen LogP contribution in [0.5, 0.6) is 5.75 Å². The monoisotopic (exact) mass is 214 g/mol. The molecule has 0 saturated heterocycles. The van der Waals surface area contributed by atoms with Crippen molar-refractivity contribution < 1.29 is 5.11 Å². The van der Waals surface area contributed by atoms with Gasteiger partial charge in [-0.15, -0.1) is 0 Å². The Morgan fingerprint density at radius 2 is 2.19 bits per heavy atom. The first kappa shape index (κ1) is 10.5. The highest BCUT2D eigenvalue weighted by Crippen LogP contribution is 2.21. The second-order valence-corrected chi connectivity index (χ2v) is 3.72. The van der Waals surface area contributed by atoms with Crippen LogP contribution in [0.3, 0.4) is 0 Å². The Balaban J connectivity index is 2.03. The fourth-order valence-electron chi connectivity index (χ4n) is 1.43. The summed E-state index contributed by atoms with van der Waals surface area (Å²) in [5, 5.41) is 12.8. The first-order chi connectivity index (χ1) is 7.75. The van der Waals surface area contributed by atoms with Crippen LogP contribution in [0.2, 0.25) is 0 Å². The second kappa shape index (κ2) is 4.66. The molecule has 2 rings (SSSR count). The number of phenols is 1. The maximum Gasteiger partial charge on any atom is 0.120 e. The van der Waals surface area contributed by atoms with Gasteiger partial charge in [-0.3, -0.25) is 4.98 Å². The number of benzene rings is 1. The minimum Gasteiger partial charge on any atom is -0.508 e. The minimum atomic E-state index is 0.316. The van der Waals surface area contributed by atoms with Gasteiger partial charge in [0.1, 0.15) is 5.75 Å². The molecular weight excluding hydrogens is 200 g/mol. The van der Waals surface area contributed by atoms with Crippen molar-refractivity contribution in [2.45, 2.75) is 13.5 Å². The van der Waals surface area contributed by atoms with E-state index in [9.17, 15) is 5.11 Å². The summed E-state index contributed by atoms with van der Waals surface area (Å²) in [7, 11) is 0. The normalized spacial score (nSPS) is 10.1. The number of hydrogen-bond donors (Lipinski definition) is 2. The number of nitrogens with one attached hydrogen (secondary N) is 1. The van der Waals surface area contributed by atoms with Gasteiger partial charge in [0.05, 0.1) is 0 Å². The van der Waals surface area contributed by atoms with E-state index in [4.69, 9.17) is 0 Å². The maximum atomic E-state index is 9.54. The molecule has 0 aliphatic carbocycles. The molecule has 0 bridgehead atoms. The molecular formula is C13H14N2O. The van der Waals surface area contributed by atoms with Gasteiger partial charge in [0.2, 0.25) is 0 Å². The zero-order chi connectivity index (χ0) is 11.4. The van der Waals surface area contributed by atoms with E-state index >= 15 is 0 Å². The Morgan fingerprint density at radius 1 is 1.31 bits per heavy atom. The van der Waals surface area contributed by atoms with E-state index < -0.39 is 0 Å². The molecule has 16 heavy (non-hydrogen) atoms. The lowest BCUT2D eigenvalue weighted by molar-refractivity contribution is 0.471. The van der Waals surface area contributed by atoms with Gasteiger partial charge in [-0.2, -0.15) is 0 Å². The quantitative estimate of drug-likeness (QED) is 0.825. The van der Waals surface area contributed by atoms with Crippen LogP contribution in [0.25, 0.3) is 0 Å². The van der Waals surface area contributed by atoms with Crippen LogP contribution in [0.1, 0.15) is 11.1 Å². The largest absolute Gasteiger partial charge is 0.508 e. The van der Waals surface area contributed by atoms with E-state index in [1.54, 1.807) is 12.3 Å². The summed E-state index contributed by atoms with van der Waals surface area (Å²) in [6.07, 6.45) is 3.57. The summed E-state index contributed by atoms with van der Waals surface area (Å²) in [5.41, 5.74) is 2.90. The Morgan fingerprint density at radius 3 is 2.88 bits per heavy atom. The molecule has 0 spiro atoms. The van der Waals surface area contributed by atoms with Crippen LogP contribution in [0, 0.1) is 6.92 Å². The minimum absolute atomic E-state index is 0.316. The lowest BCUT2D eigenvalue weighted by atomic mass is 10.2. The van der Waals surface area contributed by atoms with E-state index in [1.807, 2.05) is 37.4 Å². The summed E-state index contributed by atoms with van der Waals surface area (Å²) in [4.78, 5) is 4.04. The predicted octanol–water partition coefficient (Wildman–Crippen LogP) is 2.71. The fourth-order valence-corrected chi connectivity index (χ4v) is 1.43. The van der Waals surface area contributed by atoms with Gasteiger partial charge in [-0.25, -0.2) is 0 Å². The van der Waals surface area contributed by atoms with E-state index in [1.165, 1.54) is 0 Å². The van der Waals surface area contributed by atoms with Crippen LogP contribution >= 0.6 is 0 Å². The highest BCUT2D eigenvalue weighted by atomic mass is 16.3. The van der Waals surface area contributed by atoms with Gasteiger partial charge < -0.3 is 10.4 Å². The number of phenolic OH excluding ortho intramolecular Hbond substituents is 1. The summed E-state index contributed by atoms with van der Waals surface area (Å²) in [6.45, 7) is 2.58. The van der Waals surface area contributed by atoms with Crippen LogP contribution in [-0.2, 0) is 6.54 Å². The van der Waals surface area contributed by atoms with Crippen molar-refractivity contribution in [3.63, 3.8) is 0 Å². The van der Waals surface area contributed by atoms with E-state index in [-0.39, 0.29) is 0 Å². The van der Waals surface area contributed by atoms with Crippen LogP contribution in [0.4, 0.5) is 5.69 Å². The standard InChI is InChI=1S/C13H14N2O/c1-10-4-5-12(7-13(10)16)15-9-11-3-2-6-14-8-11/h2-8,15-16H,9H2,1H3. The topological polar surface area (TPSA) is 45.2 Å². The Bertz CT molecular complexity index is 469. The lowest BCUT2D eigenvalue weighted by Gasteiger charge is -2.07. The molecule has 0 amide bonds. The highest BCUT2D eigenvalue weighted by Gasteiger charge is 1.98. The van der Waals surface area contributed by atoms with Crippen molar-refractivity contribution in [1.29, 1.82) is 0 Å². The molecule has 0 fully saturated rings. The van der Waals surface area contributed by atoms with Crippen LogP contribution in [0.15, 0.2) is 42.7 Å². The fraction of sp³-hybridized carbons (Fsp3) is 0.154. The molecule has 0 unspecified atom stereocenters. The first-order valence-electron chi connectivity index (χ1n) is 5.18. The number of rotatable bonds is 3. The molecule has 0 atom stereocenters. The molecule has 0 radical (unpaired) electrons. The molecule has 0 saturated carbocycles. The summed E-state index contributed by atoms with van der Waals surface area (Å²) >= 11 is 0. The van der Waals surface area contributed by atoms with Gasteiger partial charge >= 0.3 is 0 Å². The number of aromatic hydroxyl groups is 1. The van der Waals surface area contributed by atoms with E-state index in [0.29, 0.717) is 12.3 Å². The van der Waals surface area contributed by atoms with Gasteiger partial charge in [-0.1, -0.05) is 12.1 Å². The third-order valence-corrected chi connectivity index (χ3v) is 2.43. The molecule has 82 valence electrons. The number of aryl methyl sites for hydroxylation is 1. The zero-order valence-electron chi connectivity index (χ0n) is 9.14. The summed E-state index contributed by atoms with van der Waals surface area (Å²) in [6, 6.07) is 9.48. The number of anilines is 1. The average molecular weight is 214 g/mol. The third kappa shape index (κ3) is 2.51. The maximum absolute atomic E-state index is 9.54. The molecule has 3 heteroatoms. The highest BCUT2D eigenvalue weighted by molar-refractivity contribution is 5.51. The Hall–Kier alpha value is -2.03. The van der Waals surface area contributed by atoms with Gasteiger partial charge in [0.25, 0.3) is 0 Å². The van der Waals surface area contributed by atoms with Crippen LogP contribution < -0.4 is 5.32 Å². The number of nitrogens with zero attached hydrogens (tertiary/aromatic N) is 1. The lowest BCUT2D eigenvalue weighted by Crippen LogP contribution is -1.99. The molecule has 0 aliphatic rings. The average Bonchev–Trinajstić information content (AvgIpc) is 2.32. The van der Waals surface area contributed by atoms with Crippen LogP contribution in [-0.4, -0.2) is 10.1 Å². The van der Waals surface area contributed by atoms with Gasteiger partial charge in [0, 0.05) is 30.7 Å². The molecule has 3 nitrogen and oxygen atoms in total. The Labute approximate surface area is 94.8 Å². The summed E-state index contributed by atoms with van der Waals surface area (Å²) < 4.78 is 0. The third-order valence-electron chi connectivity index (χ3n) is 2.43. The molecule has 1 aromatic heterocycles.